The maximum Gasteiger partial charge on any atom is 0.337 e. The average molecular weight is 731 g/mol. The normalized spacial score (nSPS) is 15.2. The number of ether oxygens (including phenoxy) is 5. The summed E-state index contributed by atoms with van der Waals surface area (Å²) < 4.78 is 29.1. The van der Waals surface area contributed by atoms with Crippen LogP contribution in [0.4, 0.5) is 4.79 Å². The molecule has 2 atom stereocenters. The molecule has 2 amide bonds. The Bertz CT molecular complexity index is 1560. The highest BCUT2D eigenvalue weighted by atomic mass is 127. The van der Waals surface area contributed by atoms with Gasteiger partial charge in [0.05, 0.1) is 38.7 Å². The Morgan fingerprint density at radius 2 is 1.84 bits per heavy atom. The van der Waals surface area contributed by atoms with Crippen molar-refractivity contribution in [3.8, 4) is 23.0 Å². The van der Waals surface area contributed by atoms with Crippen LogP contribution < -0.4 is 35.0 Å². The molecule has 0 fully saturated rings. The van der Waals surface area contributed by atoms with Gasteiger partial charge in [0.25, 0.3) is 0 Å². The molecule has 1 heterocycles. The third kappa shape index (κ3) is 8.79. The van der Waals surface area contributed by atoms with Crippen molar-refractivity contribution in [1.82, 2.24) is 16.1 Å². The van der Waals surface area contributed by atoms with Crippen LogP contribution in [-0.4, -0.2) is 57.0 Å². The van der Waals surface area contributed by atoms with E-state index in [2.05, 4.69) is 43.8 Å². The maximum atomic E-state index is 12.5. The van der Waals surface area contributed by atoms with E-state index in [4.69, 9.17) is 23.7 Å². The Labute approximate surface area is 274 Å². The summed E-state index contributed by atoms with van der Waals surface area (Å²) in [5.74, 6) is 1.22. The van der Waals surface area contributed by atoms with Crippen LogP contribution in [0.15, 0.2) is 77.0 Å². The van der Waals surface area contributed by atoms with Gasteiger partial charge in [-0.3, -0.25) is 5.43 Å². The Morgan fingerprint density at radius 3 is 2.56 bits per heavy atom. The van der Waals surface area contributed by atoms with E-state index in [1.54, 1.807) is 32.2 Å². The van der Waals surface area contributed by atoms with Gasteiger partial charge in [0.2, 0.25) is 0 Å². The molecule has 3 aromatic carbocycles. The zero-order chi connectivity index (χ0) is 32.3. The number of nitrogens with one attached hydrogen (secondary N) is 3. The Balaban J connectivity index is 1.44. The second kappa shape index (κ2) is 16.0. The van der Waals surface area contributed by atoms with Crippen LogP contribution in [0.5, 0.6) is 23.0 Å². The van der Waals surface area contributed by atoms with Crippen LogP contribution in [0.25, 0.3) is 0 Å². The standard InChI is InChI=1S/C32H35IN4O8/c1-5-43-25-14-21(29-28(31(39)42-4)19(2)35-32(40)36-29)11-12-24(25)44-18-27(38)37-34-16-22-13-23(33)15-26(41-3)30(22)45-17-20-9-7-6-8-10-20/h6-16,27,29,37-38H,5,17-18H2,1-4H3,(H2,35,36,40)/b34-16+/t27-,29-/m1/s1. The van der Waals surface area contributed by atoms with Gasteiger partial charge in [0.1, 0.15) is 13.2 Å². The second-order valence-electron chi connectivity index (χ2n) is 9.72. The zero-order valence-electron chi connectivity index (χ0n) is 25.3. The molecule has 0 aliphatic carbocycles. The molecule has 0 saturated heterocycles. The Hall–Kier alpha value is -4.50. The number of methoxy groups -OCH3 is 2. The lowest BCUT2D eigenvalue weighted by atomic mass is 9.95. The van der Waals surface area contributed by atoms with Gasteiger partial charge in [-0.15, -0.1) is 0 Å². The molecule has 238 valence electrons. The SMILES string of the molecule is CCOc1cc([C@H]2NC(=O)NC(C)=C2C(=O)OC)ccc1OC[C@@H](O)N/N=C/c1cc(I)cc(OC)c1OCc1ccccc1. The summed E-state index contributed by atoms with van der Waals surface area (Å²) in [7, 11) is 2.85. The summed E-state index contributed by atoms with van der Waals surface area (Å²) in [5, 5.41) is 20.1. The van der Waals surface area contributed by atoms with Crippen LogP contribution in [0, 0.1) is 3.57 Å². The fourth-order valence-electron chi connectivity index (χ4n) is 4.54. The number of esters is 1. The van der Waals surface area contributed by atoms with E-state index in [1.807, 2.05) is 49.4 Å². The predicted molar refractivity (Wildman–Crippen MR) is 175 cm³/mol. The number of hydrogen-bond donors (Lipinski definition) is 4. The first-order chi connectivity index (χ1) is 21.7. The molecule has 4 rings (SSSR count). The fourth-order valence-corrected chi connectivity index (χ4v) is 5.15. The van der Waals surface area contributed by atoms with Crippen molar-refractivity contribution >= 4 is 40.8 Å². The fraction of sp³-hybridized carbons (Fsp3) is 0.281. The third-order valence-corrected chi connectivity index (χ3v) is 7.22. The number of halogens is 1. The minimum atomic E-state index is -1.17. The molecule has 0 unspecified atom stereocenters. The summed E-state index contributed by atoms with van der Waals surface area (Å²) >= 11 is 2.18. The van der Waals surface area contributed by atoms with Gasteiger partial charge in [-0.1, -0.05) is 36.4 Å². The number of hydrazone groups is 1. The minimum Gasteiger partial charge on any atom is -0.493 e. The van der Waals surface area contributed by atoms with Crippen molar-refractivity contribution < 1.29 is 38.4 Å². The van der Waals surface area contributed by atoms with Crippen LogP contribution in [0.3, 0.4) is 0 Å². The van der Waals surface area contributed by atoms with Crippen molar-refractivity contribution in [1.29, 1.82) is 0 Å². The summed E-state index contributed by atoms with van der Waals surface area (Å²) in [6.45, 7) is 3.95. The Morgan fingerprint density at radius 1 is 1.07 bits per heavy atom. The number of rotatable bonds is 14. The van der Waals surface area contributed by atoms with E-state index < -0.39 is 24.3 Å². The number of carbonyl (C=O) groups is 2. The van der Waals surface area contributed by atoms with Gasteiger partial charge in [0, 0.05) is 14.8 Å². The number of nitrogens with zero attached hydrogens (tertiary/aromatic N) is 1. The van der Waals surface area contributed by atoms with Crippen LogP contribution in [0.2, 0.25) is 0 Å². The van der Waals surface area contributed by atoms with E-state index in [-0.39, 0.29) is 12.2 Å². The lowest BCUT2D eigenvalue weighted by Gasteiger charge is -2.28. The van der Waals surface area contributed by atoms with Crippen LogP contribution in [0.1, 0.15) is 36.6 Å². The summed E-state index contributed by atoms with van der Waals surface area (Å²) in [6.07, 6.45) is 0.366. The molecule has 12 nitrogen and oxygen atoms in total. The third-order valence-electron chi connectivity index (χ3n) is 6.59. The first kappa shape index (κ1) is 33.4. The first-order valence-electron chi connectivity index (χ1n) is 14.0. The number of urea groups is 1. The number of benzene rings is 3. The number of aliphatic hydroxyl groups is 1. The maximum absolute atomic E-state index is 12.5. The van der Waals surface area contributed by atoms with Gasteiger partial charge >= 0.3 is 12.0 Å². The smallest absolute Gasteiger partial charge is 0.337 e. The quantitative estimate of drug-likeness (QED) is 0.0623. The topological polar surface area (TPSA) is 149 Å². The molecule has 0 aromatic heterocycles. The number of allylic oxidation sites excluding steroid dienone is 1. The lowest BCUT2D eigenvalue weighted by Crippen LogP contribution is -2.45. The average Bonchev–Trinajstić information content (AvgIpc) is 3.03. The lowest BCUT2D eigenvalue weighted by molar-refractivity contribution is -0.136. The van der Waals surface area contributed by atoms with E-state index in [0.29, 0.717) is 53.0 Å². The van der Waals surface area contributed by atoms with E-state index in [0.717, 1.165) is 9.13 Å². The molecule has 45 heavy (non-hydrogen) atoms. The van der Waals surface area contributed by atoms with Gasteiger partial charge < -0.3 is 39.4 Å². The summed E-state index contributed by atoms with van der Waals surface area (Å²) in [5.41, 5.74) is 5.56. The zero-order valence-corrected chi connectivity index (χ0v) is 27.4. The highest BCUT2D eigenvalue weighted by molar-refractivity contribution is 14.1. The van der Waals surface area contributed by atoms with Crippen molar-refractivity contribution in [3.63, 3.8) is 0 Å². The van der Waals surface area contributed by atoms with Crippen LogP contribution >= 0.6 is 22.6 Å². The van der Waals surface area contributed by atoms with Crippen molar-refractivity contribution in [2.24, 2.45) is 5.10 Å². The number of aliphatic hydroxyl groups excluding tert-OH is 1. The number of carbonyl (C=O) groups excluding carboxylic acids is 2. The highest BCUT2D eigenvalue weighted by Crippen LogP contribution is 2.35. The predicted octanol–water partition coefficient (Wildman–Crippen LogP) is 4.40. The van der Waals surface area contributed by atoms with E-state index in [1.165, 1.54) is 13.3 Å². The highest BCUT2D eigenvalue weighted by Gasteiger charge is 2.32. The van der Waals surface area contributed by atoms with Gasteiger partial charge in [-0.2, -0.15) is 5.10 Å². The molecule has 13 heteroatoms. The van der Waals surface area contributed by atoms with E-state index in [9.17, 15) is 14.7 Å². The summed E-state index contributed by atoms with van der Waals surface area (Å²) in [4.78, 5) is 24.7. The number of amides is 2. The van der Waals surface area contributed by atoms with Crippen molar-refractivity contribution in [3.05, 3.63) is 92.2 Å². The van der Waals surface area contributed by atoms with Gasteiger partial charge in [-0.05, 0) is 71.8 Å². The largest absolute Gasteiger partial charge is 0.493 e. The Kier molecular flexibility index (Phi) is 11.9. The molecule has 1 aliphatic heterocycles. The second-order valence-corrected chi connectivity index (χ2v) is 11.0. The van der Waals surface area contributed by atoms with Crippen molar-refractivity contribution in [2.75, 3.05) is 27.4 Å². The molecule has 0 spiro atoms. The molecule has 4 N–H and O–H groups in total. The molecule has 1 aliphatic rings. The first-order valence-corrected chi connectivity index (χ1v) is 15.1. The molecule has 0 saturated carbocycles. The monoisotopic (exact) mass is 730 g/mol. The molecule has 0 radical (unpaired) electrons. The van der Waals surface area contributed by atoms with E-state index >= 15 is 0 Å². The van der Waals surface area contributed by atoms with Gasteiger partial charge in [0.15, 0.2) is 29.2 Å². The summed E-state index contributed by atoms with van der Waals surface area (Å²) in [6, 6.07) is 17.3. The molecular formula is C32H35IN4O8. The van der Waals surface area contributed by atoms with Crippen LogP contribution in [-0.2, 0) is 16.1 Å². The van der Waals surface area contributed by atoms with Gasteiger partial charge in [-0.25, -0.2) is 9.59 Å². The number of hydrogen-bond acceptors (Lipinski definition) is 10. The molecule has 3 aromatic rings. The molecular weight excluding hydrogens is 695 g/mol. The minimum absolute atomic E-state index is 0.166. The van der Waals surface area contributed by atoms with Crippen molar-refractivity contribution in [2.45, 2.75) is 32.7 Å². The molecule has 0 bridgehead atoms.